The van der Waals surface area contributed by atoms with Crippen LogP contribution in [0.25, 0.3) is 0 Å². The molecule has 2 bridgehead atoms. The lowest BCUT2D eigenvalue weighted by molar-refractivity contribution is -0.249. The highest BCUT2D eigenvalue weighted by molar-refractivity contribution is 6.21. The van der Waals surface area contributed by atoms with Crippen molar-refractivity contribution < 1.29 is 29.3 Å². The number of carbonyl (C=O) groups is 2. The zero-order chi connectivity index (χ0) is 17.4. The third kappa shape index (κ3) is 1.68. The Bertz CT molecular complexity index is 654. The van der Waals surface area contributed by atoms with Gasteiger partial charge in [0.25, 0.3) is 0 Å². The Morgan fingerprint density at radius 3 is 2.58 bits per heavy atom. The maximum absolute atomic E-state index is 13.4. The molecule has 2 heterocycles. The normalized spacial score (nSPS) is 50.6. The van der Waals surface area contributed by atoms with Gasteiger partial charge in [0.05, 0.1) is 5.60 Å². The minimum Gasteiger partial charge on any atom is -0.487 e. The van der Waals surface area contributed by atoms with E-state index in [0.717, 1.165) is 12.8 Å². The van der Waals surface area contributed by atoms with Gasteiger partial charge in [-0.15, -0.1) is 0 Å². The molecule has 0 spiro atoms. The topological polar surface area (TPSA) is 93.1 Å². The van der Waals surface area contributed by atoms with E-state index in [1.165, 1.54) is 0 Å². The summed E-state index contributed by atoms with van der Waals surface area (Å²) in [6, 6.07) is 0. The highest BCUT2D eigenvalue weighted by atomic mass is 16.6. The van der Waals surface area contributed by atoms with Crippen molar-refractivity contribution in [1.82, 2.24) is 0 Å². The van der Waals surface area contributed by atoms with Crippen molar-refractivity contribution in [3.8, 4) is 0 Å². The molecule has 0 aromatic carbocycles. The van der Waals surface area contributed by atoms with Crippen LogP contribution in [0.2, 0.25) is 0 Å². The second kappa shape index (κ2) is 4.82. The summed E-state index contributed by atoms with van der Waals surface area (Å²) in [5.74, 6) is -1.45. The molecule has 2 fully saturated rings. The van der Waals surface area contributed by atoms with Crippen LogP contribution in [-0.4, -0.2) is 45.9 Å². The first kappa shape index (κ1) is 16.1. The average Bonchev–Trinajstić information content (AvgIpc) is 2.78. The van der Waals surface area contributed by atoms with Crippen LogP contribution in [0.4, 0.5) is 0 Å². The third-order valence-electron chi connectivity index (χ3n) is 6.99. The van der Waals surface area contributed by atoms with Crippen LogP contribution in [-0.2, 0) is 19.1 Å². The predicted molar refractivity (Wildman–Crippen MR) is 82.6 cm³/mol. The highest BCUT2D eigenvalue weighted by Crippen LogP contribution is 2.59. The second-order valence-electron chi connectivity index (χ2n) is 8.00. The molecule has 4 rings (SSSR count). The van der Waals surface area contributed by atoms with Gasteiger partial charge in [-0.2, -0.15) is 0 Å². The van der Waals surface area contributed by atoms with E-state index in [0.29, 0.717) is 12.8 Å². The third-order valence-corrected chi connectivity index (χ3v) is 6.99. The minimum atomic E-state index is -1.35. The van der Waals surface area contributed by atoms with Crippen LogP contribution in [0.1, 0.15) is 46.5 Å². The lowest BCUT2D eigenvalue weighted by Crippen LogP contribution is -2.69. The van der Waals surface area contributed by atoms with Crippen molar-refractivity contribution in [2.45, 2.75) is 70.4 Å². The monoisotopic (exact) mass is 336 g/mol. The van der Waals surface area contributed by atoms with E-state index in [-0.39, 0.29) is 23.0 Å². The van der Waals surface area contributed by atoms with Gasteiger partial charge in [-0.05, 0) is 19.8 Å². The Labute approximate surface area is 140 Å². The molecule has 132 valence electrons. The number of esters is 1. The van der Waals surface area contributed by atoms with Gasteiger partial charge in [0.2, 0.25) is 0 Å². The Morgan fingerprint density at radius 2 is 1.88 bits per heavy atom. The molecule has 2 N–H and O–H groups in total. The van der Waals surface area contributed by atoms with Crippen molar-refractivity contribution in [1.29, 1.82) is 0 Å². The van der Waals surface area contributed by atoms with Crippen LogP contribution < -0.4 is 0 Å². The number of Topliss-reactive ketones (excluding diaryl/α,β-unsaturated/α-hetero) is 1. The molecule has 0 aromatic heterocycles. The van der Waals surface area contributed by atoms with Crippen LogP contribution in [0.5, 0.6) is 0 Å². The van der Waals surface area contributed by atoms with E-state index in [1.54, 1.807) is 6.92 Å². The van der Waals surface area contributed by atoms with E-state index < -0.39 is 41.2 Å². The number of rotatable bonds is 0. The number of aliphatic hydroxyl groups is 2. The molecular formula is C18H24O6. The Kier molecular flexibility index (Phi) is 3.23. The number of ketones is 1. The number of carbonyl (C=O) groups excluding carboxylic acids is 2. The molecule has 0 saturated heterocycles. The number of hydrogen-bond donors (Lipinski definition) is 2. The Hall–Kier alpha value is -1.40. The van der Waals surface area contributed by atoms with Crippen LogP contribution in [0, 0.1) is 17.3 Å². The quantitative estimate of drug-likeness (QED) is 0.508. The fourth-order valence-electron chi connectivity index (χ4n) is 5.45. The van der Waals surface area contributed by atoms with Gasteiger partial charge < -0.3 is 19.7 Å². The summed E-state index contributed by atoms with van der Waals surface area (Å²) in [5.41, 5.74) is -2.34. The van der Waals surface area contributed by atoms with E-state index in [1.807, 2.05) is 13.8 Å². The average molecular weight is 336 g/mol. The van der Waals surface area contributed by atoms with Crippen molar-refractivity contribution >= 4 is 11.8 Å². The summed E-state index contributed by atoms with van der Waals surface area (Å²) >= 11 is 0. The Morgan fingerprint density at radius 1 is 1.17 bits per heavy atom. The molecule has 6 heteroatoms. The molecule has 6 nitrogen and oxygen atoms in total. The van der Waals surface area contributed by atoms with Gasteiger partial charge in [-0.25, -0.2) is 4.79 Å². The standard InChI is InChI=1S/C18H24O6/c1-8-12-15(20)18(22)7-5-4-6-10(18)17(8,3)14(19)11-13(24-12)9(2)23-16(11)21/h8-10,12,15,20,22H,4-7H2,1-3H3/t8-,9-,10+,12-,15+,17+,18+/m0/s1. The van der Waals surface area contributed by atoms with Gasteiger partial charge in [-0.3, -0.25) is 4.79 Å². The maximum Gasteiger partial charge on any atom is 0.346 e. The molecule has 4 aliphatic rings. The summed E-state index contributed by atoms with van der Waals surface area (Å²) in [4.78, 5) is 25.6. The van der Waals surface area contributed by atoms with Crippen molar-refractivity contribution in [2.75, 3.05) is 0 Å². The molecule has 24 heavy (non-hydrogen) atoms. The second-order valence-corrected chi connectivity index (χ2v) is 8.00. The summed E-state index contributed by atoms with van der Waals surface area (Å²) in [7, 11) is 0. The fourth-order valence-corrected chi connectivity index (χ4v) is 5.45. The zero-order valence-corrected chi connectivity index (χ0v) is 14.2. The van der Waals surface area contributed by atoms with Crippen LogP contribution in [0.15, 0.2) is 11.3 Å². The minimum absolute atomic E-state index is 0.0265. The van der Waals surface area contributed by atoms with Crippen LogP contribution in [0.3, 0.4) is 0 Å². The largest absolute Gasteiger partial charge is 0.487 e. The molecular weight excluding hydrogens is 312 g/mol. The molecule has 2 aliphatic heterocycles. The van der Waals surface area contributed by atoms with Crippen molar-refractivity contribution in [2.24, 2.45) is 17.3 Å². The summed E-state index contributed by atoms with van der Waals surface area (Å²) < 4.78 is 11.1. The predicted octanol–water partition coefficient (Wildman–Crippen LogP) is 1.09. The summed E-state index contributed by atoms with van der Waals surface area (Å²) in [5, 5.41) is 22.2. The smallest absolute Gasteiger partial charge is 0.346 e. The fraction of sp³-hybridized carbons (Fsp3) is 0.778. The van der Waals surface area contributed by atoms with Gasteiger partial charge in [-0.1, -0.05) is 26.7 Å². The SMILES string of the molecule is C[C@@H]1OC(=O)C2=C1O[C@@H]1[C@@H](O)[C@@]3(O)CCCC[C@@H]3[C@](C)(C2=O)[C@H]1C. The van der Waals surface area contributed by atoms with Crippen LogP contribution >= 0.6 is 0 Å². The number of fused-ring (bicyclic) bond motifs is 4. The van der Waals surface area contributed by atoms with E-state index in [2.05, 4.69) is 0 Å². The van der Waals surface area contributed by atoms with Gasteiger partial charge in [0.15, 0.2) is 17.6 Å². The molecule has 0 amide bonds. The summed E-state index contributed by atoms with van der Waals surface area (Å²) in [6.45, 7) is 5.34. The first-order valence-corrected chi connectivity index (χ1v) is 8.80. The molecule has 0 aromatic rings. The number of cyclic esters (lactones) is 1. The molecule has 2 saturated carbocycles. The number of aliphatic hydroxyl groups excluding tert-OH is 1. The van der Waals surface area contributed by atoms with E-state index in [4.69, 9.17) is 9.47 Å². The van der Waals surface area contributed by atoms with Gasteiger partial charge in [0.1, 0.15) is 17.8 Å². The molecule has 7 atom stereocenters. The zero-order valence-electron chi connectivity index (χ0n) is 14.2. The first-order chi connectivity index (χ1) is 11.2. The lowest BCUT2D eigenvalue weighted by atomic mass is 9.48. The molecule has 0 unspecified atom stereocenters. The molecule has 0 radical (unpaired) electrons. The summed E-state index contributed by atoms with van der Waals surface area (Å²) in [6.07, 6.45) is 0.333. The van der Waals surface area contributed by atoms with Crippen molar-refractivity contribution in [3.05, 3.63) is 11.3 Å². The number of hydrogen-bond acceptors (Lipinski definition) is 6. The molecule has 2 aliphatic carbocycles. The first-order valence-electron chi connectivity index (χ1n) is 8.80. The highest BCUT2D eigenvalue weighted by Gasteiger charge is 2.68. The maximum atomic E-state index is 13.4. The van der Waals surface area contributed by atoms with E-state index >= 15 is 0 Å². The van der Waals surface area contributed by atoms with Gasteiger partial charge >= 0.3 is 5.97 Å². The van der Waals surface area contributed by atoms with Crippen molar-refractivity contribution in [3.63, 3.8) is 0 Å². The lowest BCUT2D eigenvalue weighted by Gasteiger charge is -2.59. The number of ether oxygens (including phenoxy) is 2. The van der Waals surface area contributed by atoms with Gasteiger partial charge in [0, 0.05) is 17.3 Å². The van der Waals surface area contributed by atoms with E-state index in [9.17, 15) is 19.8 Å². The Balaban J connectivity index is 1.92.